The first-order chi connectivity index (χ1) is 9.38. The number of nitrogens with zero attached hydrogens (tertiary/aromatic N) is 1. The molecule has 112 valence electrons. The summed E-state index contributed by atoms with van der Waals surface area (Å²) in [5, 5.41) is 3.11. The maximum atomic E-state index is 13.2. The van der Waals surface area contributed by atoms with E-state index in [0.717, 1.165) is 12.2 Å². The Morgan fingerprint density at radius 1 is 1.40 bits per heavy atom. The van der Waals surface area contributed by atoms with Crippen LogP contribution in [0.3, 0.4) is 0 Å². The number of hydrogen-bond donors (Lipinski definition) is 1. The van der Waals surface area contributed by atoms with Crippen LogP contribution in [0, 0.1) is 0 Å². The topological polar surface area (TPSA) is 15.3 Å². The lowest BCUT2D eigenvalue weighted by Gasteiger charge is -2.19. The van der Waals surface area contributed by atoms with Crippen molar-refractivity contribution in [2.24, 2.45) is 0 Å². The van der Waals surface area contributed by atoms with E-state index in [2.05, 4.69) is 5.32 Å². The van der Waals surface area contributed by atoms with Crippen LogP contribution in [0.2, 0.25) is 0 Å². The van der Waals surface area contributed by atoms with Crippen molar-refractivity contribution in [3.63, 3.8) is 0 Å². The van der Waals surface area contributed by atoms with Crippen LogP contribution >= 0.6 is 0 Å². The molecule has 20 heavy (non-hydrogen) atoms. The molecule has 5 heteroatoms. The first-order valence-electron chi connectivity index (χ1n) is 7.00. The quantitative estimate of drug-likeness (QED) is 0.909. The summed E-state index contributed by atoms with van der Waals surface area (Å²) in [5.41, 5.74) is 0.749. The summed E-state index contributed by atoms with van der Waals surface area (Å²) in [7, 11) is 1.84. The number of benzene rings is 1. The molecular weight excluding hydrogens is 265 g/mol. The number of alkyl halides is 3. The van der Waals surface area contributed by atoms with Crippen LogP contribution in [0.25, 0.3) is 0 Å². The van der Waals surface area contributed by atoms with E-state index in [0.29, 0.717) is 18.5 Å². The van der Waals surface area contributed by atoms with E-state index in [1.165, 1.54) is 12.1 Å². The Morgan fingerprint density at radius 3 is 2.65 bits per heavy atom. The van der Waals surface area contributed by atoms with Gasteiger partial charge in [0.25, 0.3) is 0 Å². The smallest absolute Gasteiger partial charge is 0.371 e. The molecular formula is C15H21F3N2. The highest BCUT2D eigenvalue weighted by molar-refractivity contribution is 5.63. The van der Waals surface area contributed by atoms with Gasteiger partial charge in [0.05, 0.1) is 5.56 Å². The van der Waals surface area contributed by atoms with Crippen molar-refractivity contribution in [2.45, 2.75) is 38.4 Å². The minimum atomic E-state index is -4.28. The van der Waals surface area contributed by atoms with Gasteiger partial charge in [-0.3, -0.25) is 0 Å². The van der Waals surface area contributed by atoms with Gasteiger partial charge in [-0.25, -0.2) is 0 Å². The average Bonchev–Trinajstić information content (AvgIpc) is 2.75. The van der Waals surface area contributed by atoms with Crippen LogP contribution in [-0.2, 0) is 6.18 Å². The van der Waals surface area contributed by atoms with E-state index in [4.69, 9.17) is 0 Å². The van der Waals surface area contributed by atoms with E-state index >= 15 is 0 Å². The Bertz CT molecular complexity index is 469. The summed E-state index contributed by atoms with van der Waals surface area (Å²) in [6.07, 6.45) is -3.57. The molecule has 0 radical (unpaired) electrons. The minimum Gasteiger partial charge on any atom is -0.371 e. The lowest BCUT2D eigenvalue weighted by atomic mass is 9.90. The fourth-order valence-corrected chi connectivity index (χ4v) is 3.00. The van der Waals surface area contributed by atoms with Gasteiger partial charge in [0, 0.05) is 30.7 Å². The molecule has 0 bridgehead atoms. The first kappa shape index (κ1) is 15.2. The molecule has 0 spiro atoms. The maximum Gasteiger partial charge on any atom is 0.416 e. The summed E-state index contributed by atoms with van der Waals surface area (Å²) in [6, 6.07) is 4.72. The summed E-state index contributed by atoms with van der Waals surface area (Å²) >= 11 is 0. The second-order valence-corrected chi connectivity index (χ2v) is 5.40. The number of halogens is 3. The van der Waals surface area contributed by atoms with Gasteiger partial charge in [-0.1, -0.05) is 6.07 Å². The van der Waals surface area contributed by atoms with E-state index < -0.39 is 11.7 Å². The lowest BCUT2D eigenvalue weighted by Crippen LogP contribution is -2.27. The zero-order chi connectivity index (χ0) is 14.9. The zero-order valence-electron chi connectivity index (χ0n) is 12.1. The van der Waals surface area contributed by atoms with Gasteiger partial charge >= 0.3 is 6.18 Å². The molecule has 1 aliphatic rings. The SMILES string of the molecule is CCN1CC(CC(C)NC)c2c1cccc2C(F)(F)F. The Hall–Kier alpha value is -1.23. The van der Waals surface area contributed by atoms with Crippen molar-refractivity contribution >= 4 is 5.69 Å². The normalized spacial score (nSPS) is 20.1. The van der Waals surface area contributed by atoms with Crippen molar-refractivity contribution in [3.05, 3.63) is 29.3 Å². The second-order valence-electron chi connectivity index (χ2n) is 5.40. The van der Waals surface area contributed by atoms with Crippen molar-refractivity contribution in [2.75, 3.05) is 25.0 Å². The van der Waals surface area contributed by atoms with Gasteiger partial charge < -0.3 is 10.2 Å². The molecule has 1 N–H and O–H groups in total. The highest BCUT2D eigenvalue weighted by Gasteiger charge is 2.40. The Balaban J connectivity index is 2.44. The van der Waals surface area contributed by atoms with Crippen molar-refractivity contribution in [1.29, 1.82) is 0 Å². The van der Waals surface area contributed by atoms with Crippen LogP contribution in [-0.4, -0.2) is 26.2 Å². The molecule has 2 rings (SSSR count). The molecule has 0 fully saturated rings. The number of nitrogens with one attached hydrogen (secondary N) is 1. The van der Waals surface area contributed by atoms with Gasteiger partial charge in [0.1, 0.15) is 0 Å². The third-order valence-corrected chi connectivity index (χ3v) is 4.09. The Morgan fingerprint density at radius 2 is 2.10 bits per heavy atom. The van der Waals surface area contributed by atoms with Crippen LogP contribution in [0.1, 0.15) is 37.3 Å². The summed E-state index contributed by atoms with van der Waals surface area (Å²) < 4.78 is 39.7. The van der Waals surface area contributed by atoms with Crippen molar-refractivity contribution in [3.8, 4) is 0 Å². The molecule has 1 aromatic carbocycles. The van der Waals surface area contributed by atoms with Crippen LogP contribution < -0.4 is 10.2 Å². The fraction of sp³-hybridized carbons (Fsp3) is 0.600. The molecule has 0 saturated carbocycles. The Kier molecular flexibility index (Phi) is 4.28. The number of anilines is 1. The maximum absolute atomic E-state index is 13.2. The standard InChI is InChI=1S/C15H21F3N2/c1-4-20-9-11(8-10(2)19-3)14-12(15(16,17)18)6-5-7-13(14)20/h5-7,10-11,19H,4,8-9H2,1-3H3. The predicted molar refractivity (Wildman–Crippen MR) is 75.2 cm³/mol. The second kappa shape index (κ2) is 5.64. The highest BCUT2D eigenvalue weighted by Crippen LogP contribution is 2.45. The van der Waals surface area contributed by atoms with Crippen LogP contribution in [0.5, 0.6) is 0 Å². The number of likely N-dealkylation sites (N-methyl/N-ethyl adjacent to an activating group) is 1. The van der Waals surface area contributed by atoms with Gasteiger partial charge in [-0.15, -0.1) is 0 Å². The fourth-order valence-electron chi connectivity index (χ4n) is 3.00. The molecule has 2 atom stereocenters. The molecule has 1 heterocycles. The molecule has 2 nitrogen and oxygen atoms in total. The van der Waals surface area contributed by atoms with Crippen LogP contribution in [0.4, 0.5) is 18.9 Å². The van der Waals surface area contributed by atoms with Gasteiger partial charge in [-0.2, -0.15) is 13.2 Å². The van der Waals surface area contributed by atoms with Gasteiger partial charge in [0.2, 0.25) is 0 Å². The zero-order valence-corrected chi connectivity index (χ0v) is 12.1. The predicted octanol–water partition coefficient (Wildman–Crippen LogP) is 3.63. The summed E-state index contributed by atoms with van der Waals surface area (Å²) in [5.74, 6) is -0.0646. The van der Waals surface area contributed by atoms with Gasteiger partial charge in [-0.05, 0) is 45.0 Å². The third-order valence-electron chi connectivity index (χ3n) is 4.09. The number of hydrogen-bond acceptors (Lipinski definition) is 2. The minimum absolute atomic E-state index is 0.0646. The molecule has 0 aliphatic carbocycles. The van der Waals surface area contributed by atoms with E-state index in [9.17, 15) is 13.2 Å². The van der Waals surface area contributed by atoms with Crippen LogP contribution in [0.15, 0.2) is 18.2 Å². The molecule has 0 aromatic heterocycles. The van der Waals surface area contributed by atoms with E-state index in [1.807, 2.05) is 25.8 Å². The highest BCUT2D eigenvalue weighted by atomic mass is 19.4. The van der Waals surface area contributed by atoms with Crippen molar-refractivity contribution < 1.29 is 13.2 Å². The molecule has 2 unspecified atom stereocenters. The molecule has 1 aliphatic heterocycles. The largest absolute Gasteiger partial charge is 0.416 e. The molecule has 0 saturated heterocycles. The molecule has 0 amide bonds. The molecule has 1 aromatic rings. The summed E-state index contributed by atoms with van der Waals surface area (Å²) in [4.78, 5) is 2.04. The summed E-state index contributed by atoms with van der Waals surface area (Å²) in [6.45, 7) is 5.39. The Labute approximate surface area is 118 Å². The number of fused-ring (bicyclic) bond motifs is 1. The van der Waals surface area contributed by atoms with E-state index in [1.54, 1.807) is 6.07 Å². The van der Waals surface area contributed by atoms with Gasteiger partial charge in [0.15, 0.2) is 0 Å². The lowest BCUT2D eigenvalue weighted by molar-refractivity contribution is -0.138. The first-order valence-corrected chi connectivity index (χ1v) is 7.00. The third kappa shape index (κ3) is 2.77. The van der Waals surface area contributed by atoms with Crippen molar-refractivity contribution in [1.82, 2.24) is 5.32 Å². The monoisotopic (exact) mass is 286 g/mol. The van der Waals surface area contributed by atoms with E-state index in [-0.39, 0.29) is 12.0 Å². The average molecular weight is 286 g/mol. The number of rotatable bonds is 4.